The average molecular weight is 938 g/mol. The summed E-state index contributed by atoms with van der Waals surface area (Å²) in [6.45, 7) is 3.42. The third kappa shape index (κ3) is 33.0. The van der Waals surface area contributed by atoms with Gasteiger partial charge in [-0.25, -0.2) is 0 Å². The van der Waals surface area contributed by atoms with Crippen molar-refractivity contribution in [2.45, 2.75) is 294 Å². The summed E-state index contributed by atoms with van der Waals surface area (Å²) in [6, 6.07) is -1.19. The Morgan fingerprint density at radius 2 is 0.909 bits per heavy atom. The zero-order chi connectivity index (χ0) is 48.3. The molecule has 66 heavy (non-hydrogen) atoms. The summed E-state index contributed by atoms with van der Waals surface area (Å²) in [5.41, 5.74) is 0. The van der Waals surface area contributed by atoms with E-state index >= 15 is 0 Å². The van der Waals surface area contributed by atoms with E-state index < -0.39 is 74.2 Å². The number of ether oxygens (including phenoxy) is 2. The van der Waals surface area contributed by atoms with Gasteiger partial charge in [-0.3, -0.25) is 4.79 Å². The Hall–Kier alpha value is -1.67. The average Bonchev–Trinajstić information content (AvgIpc) is 3.32. The van der Waals surface area contributed by atoms with Crippen molar-refractivity contribution in [2.75, 3.05) is 13.2 Å². The number of hydrogen-bond donors (Lipinski definition) is 8. The number of aliphatic hydroxyl groups is 7. The number of aliphatic hydroxyl groups excluding tert-OH is 7. The molecule has 1 fully saturated rings. The van der Waals surface area contributed by atoms with Gasteiger partial charge in [-0.1, -0.05) is 211 Å². The van der Waals surface area contributed by atoms with Crippen molar-refractivity contribution in [3.8, 4) is 0 Å². The van der Waals surface area contributed by atoms with E-state index in [-0.39, 0.29) is 12.8 Å². The SMILES string of the molecule is CCCCC/C=C/CC/C=C/CC/C=C/CCCC(O)C(O)C(COC1OC(CO)C(O)C(O)C1O)NC(=O)C(O)CCCCCCCCCCCCCCCCCCCCCCCCC. The number of allylic oxidation sites excluding steroid dienone is 6. The summed E-state index contributed by atoms with van der Waals surface area (Å²) in [5, 5.41) is 75.9. The van der Waals surface area contributed by atoms with Crippen molar-refractivity contribution in [2.24, 2.45) is 0 Å². The molecule has 1 heterocycles. The summed E-state index contributed by atoms with van der Waals surface area (Å²) in [6.07, 6.45) is 42.0. The third-order valence-corrected chi connectivity index (χ3v) is 13.2. The molecule has 11 heteroatoms. The highest BCUT2D eigenvalue weighted by Crippen LogP contribution is 2.23. The summed E-state index contributed by atoms with van der Waals surface area (Å²) in [7, 11) is 0. The Labute approximate surface area is 403 Å². The molecule has 11 nitrogen and oxygen atoms in total. The van der Waals surface area contributed by atoms with Crippen molar-refractivity contribution in [1.29, 1.82) is 0 Å². The Balaban J connectivity index is 2.35. The number of hydrogen-bond acceptors (Lipinski definition) is 10. The van der Waals surface area contributed by atoms with Gasteiger partial charge in [0, 0.05) is 0 Å². The Morgan fingerprint density at radius 3 is 1.35 bits per heavy atom. The van der Waals surface area contributed by atoms with Crippen molar-refractivity contribution in [1.82, 2.24) is 5.32 Å². The van der Waals surface area contributed by atoms with E-state index in [1.165, 1.54) is 148 Å². The minimum absolute atomic E-state index is 0.242. The first-order chi connectivity index (χ1) is 32.2. The van der Waals surface area contributed by atoms with E-state index in [4.69, 9.17) is 9.47 Å². The number of carbonyl (C=O) groups is 1. The number of amides is 1. The predicted molar refractivity (Wildman–Crippen MR) is 270 cm³/mol. The van der Waals surface area contributed by atoms with E-state index in [1.54, 1.807) is 0 Å². The first-order valence-electron chi connectivity index (χ1n) is 27.4. The van der Waals surface area contributed by atoms with Crippen LogP contribution in [0.4, 0.5) is 0 Å². The van der Waals surface area contributed by atoms with Crippen LogP contribution >= 0.6 is 0 Å². The highest BCUT2D eigenvalue weighted by atomic mass is 16.7. The van der Waals surface area contributed by atoms with E-state index in [1.807, 2.05) is 0 Å². The molecule has 1 rings (SSSR count). The first-order valence-corrected chi connectivity index (χ1v) is 27.4. The topological polar surface area (TPSA) is 189 Å². The largest absolute Gasteiger partial charge is 0.394 e. The fourth-order valence-corrected chi connectivity index (χ4v) is 8.65. The molecule has 1 aliphatic rings. The van der Waals surface area contributed by atoms with Gasteiger partial charge in [0.15, 0.2) is 6.29 Å². The molecule has 0 saturated carbocycles. The van der Waals surface area contributed by atoms with Crippen LogP contribution in [-0.2, 0) is 14.3 Å². The molecule has 0 aromatic rings. The van der Waals surface area contributed by atoms with Gasteiger partial charge in [0.2, 0.25) is 5.91 Å². The van der Waals surface area contributed by atoms with Crippen molar-refractivity contribution < 1.29 is 50.0 Å². The van der Waals surface area contributed by atoms with Gasteiger partial charge in [0.1, 0.15) is 36.6 Å². The number of rotatable bonds is 46. The summed E-state index contributed by atoms with van der Waals surface area (Å²) < 4.78 is 11.1. The van der Waals surface area contributed by atoms with Crippen LogP contribution in [-0.4, -0.2) is 110 Å². The summed E-state index contributed by atoms with van der Waals surface area (Å²) in [4.78, 5) is 13.1. The predicted octanol–water partition coefficient (Wildman–Crippen LogP) is 10.7. The second kappa shape index (κ2) is 44.5. The van der Waals surface area contributed by atoms with Gasteiger partial charge < -0.3 is 50.5 Å². The maximum atomic E-state index is 13.1. The second-order valence-corrected chi connectivity index (χ2v) is 19.3. The number of nitrogens with one attached hydrogen (secondary N) is 1. The van der Waals surface area contributed by atoms with Crippen LogP contribution < -0.4 is 5.32 Å². The Bertz CT molecular complexity index is 1170. The minimum atomic E-state index is -1.67. The fraction of sp³-hybridized carbons (Fsp3) is 0.873. The van der Waals surface area contributed by atoms with E-state index in [0.717, 1.165) is 44.9 Å². The van der Waals surface area contributed by atoms with E-state index in [0.29, 0.717) is 19.3 Å². The maximum absolute atomic E-state index is 13.1. The van der Waals surface area contributed by atoms with Gasteiger partial charge in [-0.2, -0.15) is 0 Å². The van der Waals surface area contributed by atoms with Crippen LogP contribution in [0.15, 0.2) is 36.5 Å². The minimum Gasteiger partial charge on any atom is -0.394 e. The fourth-order valence-electron chi connectivity index (χ4n) is 8.65. The zero-order valence-electron chi connectivity index (χ0n) is 42.2. The molecule has 8 N–H and O–H groups in total. The van der Waals surface area contributed by atoms with Crippen molar-refractivity contribution >= 4 is 5.91 Å². The van der Waals surface area contributed by atoms with Crippen molar-refractivity contribution in [3.63, 3.8) is 0 Å². The molecular formula is C55H103NO10. The maximum Gasteiger partial charge on any atom is 0.249 e. The standard InChI is InChI=1S/C55H103NO10/c1-3-5-7-9-11-13-15-17-19-21-22-23-24-25-26-27-29-31-33-35-37-39-41-43-48(59)54(64)56-46(45-65-55-53(63)52(62)51(61)49(44-57)66-55)50(60)47(58)42-40-38-36-34-32-30-28-20-18-16-14-12-10-8-6-4-2/h12,14,20,28,34,36,46-53,55,57-63H,3-11,13,15-19,21-27,29-33,35,37-45H2,1-2H3,(H,56,64)/b14-12+,28-20+,36-34+. The molecule has 0 aliphatic carbocycles. The molecule has 0 aromatic carbocycles. The molecule has 1 amide bonds. The quantitative estimate of drug-likeness (QED) is 0.0215. The molecule has 1 saturated heterocycles. The molecule has 0 spiro atoms. The van der Waals surface area contributed by atoms with Crippen LogP contribution in [0.1, 0.15) is 239 Å². The highest BCUT2D eigenvalue weighted by molar-refractivity contribution is 5.80. The monoisotopic (exact) mass is 938 g/mol. The van der Waals surface area contributed by atoms with Crippen LogP contribution in [0.3, 0.4) is 0 Å². The number of unbranched alkanes of at least 4 members (excludes halogenated alkanes) is 28. The molecule has 9 unspecified atom stereocenters. The lowest BCUT2D eigenvalue weighted by Gasteiger charge is -2.40. The lowest BCUT2D eigenvalue weighted by atomic mass is 9.98. The van der Waals surface area contributed by atoms with Gasteiger partial charge in [0.05, 0.1) is 25.4 Å². The van der Waals surface area contributed by atoms with E-state index in [9.17, 15) is 40.5 Å². The molecule has 0 aromatic heterocycles. The highest BCUT2D eigenvalue weighted by Gasteiger charge is 2.44. The van der Waals surface area contributed by atoms with Gasteiger partial charge in [-0.05, 0) is 64.2 Å². The smallest absolute Gasteiger partial charge is 0.249 e. The van der Waals surface area contributed by atoms with Gasteiger partial charge in [-0.15, -0.1) is 0 Å². The van der Waals surface area contributed by atoms with Gasteiger partial charge in [0.25, 0.3) is 0 Å². The zero-order valence-corrected chi connectivity index (χ0v) is 42.2. The third-order valence-electron chi connectivity index (χ3n) is 13.2. The Morgan fingerprint density at radius 1 is 0.515 bits per heavy atom. The van der Waals surface area contributed by atoms with Crippen LogP contribution in [0, 0.1) is 0 Å². The van der Waals surface area contributed by atoms with Crippen molar-refractivity contribution in [3.05, 3.63) is 36.5 Å². The lowest BCUT2D eigenvalue weighted by molar-refractivity contribution is -0.303. The summed E-state index contributed by atoms with van der Waals surface area (Å²) in [5.74, 6) is -0.710. The molecule has 0 bridgehead atoms. The molecule has 388 valence electrons. The normalized spacial score (nSPS) is 21.0. The summed E-state index contributed by atoms with van der Waals surface area (Å²) >= 11 is 0. The molecule has 1 aliphatic heterocycles. The van der Waals surface area contributed by atoms with Gasteiger partial charge >= 0.3 is 0 Å². The lowest BCUT2D eigenvalue weighted by Crippen LogP contribution is -2.60. The van der Waals surface area contributed by atoms with E-state index in [2.05, 4.69) is 55.6 Å². The van der Waals surface area contributed by atoms with Crippen LogP contribution in [0.5, 0.6) is 0 Å². The first kappa shape index (κ1) is 62.3. The number of carbonyl (C=O) groups excluding carboxylic acids is 1. The van der Waals surface area contributed by atoms with Crippen LogP contribution in [0.2, 0.25) is 0 Å². The molecule has 9 atom stereocenters. The molecule has 0 radical (unpaired) electrons. The molecular weight excluding hydrogens is 835 g/mol. The second-order valence-electron chi connectivity index (χ2n) is 19.3. The van der Waals surface area contributed by atoms with Crippen LogP contribution in [0.25, 0.3) is 0 Å². The Kier molecular flexibility index (Phi) is 42.1.